The third kappa shape index (κ3) is 5.48. The Hall–Kier alpha value is -1.75. The predicted octanol–water partition coefficient (Wildman–Crippen LogP) is 1.80. The van der Waals surface area contributed by atoms with E-state index >= 15 is 0 Å². The Bertz CT molecular complexity index is 435. The van der Waals surface area contributed by atoms with Gasteiger partial charge in [0.1, 0.15) is 11.5 Å². The Labute approximate surface area is 120 Å². The molecule has 0 heterocycles. The molecule has 1 atom stereocenters. The van der Waals surface area contributed by atoms with E-state index in [0.717, 1.165) is 12.0 Å². The molecule has 0 aliphatic rings. The topological polar surface area (TPSA) is 70.6 Å². The summed E-state index contributed by atoms with van der Waals surface area (Å²) < 4.78 is 5.11. The number of hydrogen-bond donors (Lipinski definition) is 3. The molecule has 1 aromatic rings. The fourth-order valence-corrected chi connectivity index (χ4v) is 1.70. The van der Waals surface area contributed by atoms with Crippen LogP contribution in [-0.4, -0.2) is 30.7 Å². The normalized spacial score (nSPS) is 11.9. The lowest BCUT2D eigenvalue weighted by molar-refractivity contribution is -0.121. The number of amides is 1. The summed E-state index contributed by atoms with van der Waals surface area (Å²) in [6, 6.07) is 5.30. The van der Waals surface area contributed by atoms with Crippen LogP contribution in [0.3, 0.4) is 0 Å². The van der Waals surface area contributed by atoms with Crippen molar-refractivity contribution in [1.82, 2.24) is 10.6 Å². The number of aromatic hydroxyl groups is 1. The number of nitrogens with one attached hydrogen (secondary N) is 2. The molecule has 20 heavy (non-hydrogen) atoms. The van der Waals surface area contributed by atoms with Crippen LogP contribution in [0.1, 0.15) is 32.3 Å². The molecule has 0 spiro atoms. The highest BCUT2D eigenvalue weighted by Gasteiger charge is 2.06. The van der Waals surface area contributed by atoms with Crippen LogP contribution in [0, 0.1) is 0 Å². The van der Waals surface area contributed by atoms with Crippen molar-refractivity contribution in [2.45, 2.75) is 39.3 Å². The minimum absolute atomic E-state index is 0.0433. The molecule has 0 aliphatic carbocycles. The largest absolute Gasteiger partial charge is 0.508 e. The molecular formula is C15H24N2O3. The van der Waals surface area contributed by atoms with Crippen molar-refractivity contribution < 1.29 is 14.6 Å². The van der Waals surface area contributed by atoms with E-state index in [4.69, 9.17) is 4.74 Å². The van der Waals surface area contributed by atoms with Crippen LogP contribution >= 0.6 is 0 Å². The van der Waals surface area contributed by atoms with Crippen LogP contribution in [0.15, 0.2) is 18.2 Å². The smallest absolute Gasteiger partial charge is 0.221 e. The first kappa shape index (κ1) is 16.3. The molecule has 1 rings (SSSR count). The Morgan fingerprint density at radius 3 is 2.85 bits per heavy atom. The summed E-state index contributed by atoms with van der Waals surface area (Å²) in [4.78, 5) is 11.6. The van der Waals surface area contributed by atoms with Crippen LogP contribution in [0.25, 0.3) is 0 Å². The van der Waals surface area contributed by atoms with Gasteiger partial charge in [-0.05, 0) is 31.5 Å². The zero-order chi connectivity index (χ0) is 15.0. The van der Waals surface area contributed by atoms with Gasteiger partial charge in [0.25, 0.3) is 0 Å². The maximum Gasteiger partial charge on any atom is 0.221 e. The van der Waals surface area contributed by atoms with Crippen molar-refractivity contribution in [2.24, 2.45) is 0 Å². The molecule has 0 aliphatic heterocycles. The number of rotatable bonds is 8. The standard InChI is InChI=1S/C15H24N2O3/c1-4-11(2)17-15(19)7-8-16-10-12-9-13(20-3)5-6-14(12)18/h5-6,9,11,16,18H,4,7-8,10H2,1-3H3,(H,17,19). The molecule has 0 aromatic heterocycles. The van der Waals surface area contributed by atoms with E-state index in [9.17, 15) is 9.90 Å². The number of carbonyl (C=O) groups is 1. The van der Waals surface area contributed by atoms with Gasteiger partial charge in [-0.25, -0.2) is 0 Å². The Kier molecular flexibility index (Phi) is 6.87. The minimum Gasteiger partial charge on any atom is -0.508 e. The number of phenols is 1. The lowest BCUT2D eigenvalue weighted by Crippen LogP contribution is -2.33. The molecular weight excluding hydrogens is 256 g/mol. The molecule has 1 aromatic carbocycles. The second-order valence-corrected chi connectivity index (χ2v) is 4.80. The Morgan fingerprint density at radius 1 is 1.45 bits per heavy atom. The maximum absolute atomic E-state index is 11.6. The number of ether oxygens (including phenoxy) is 1. The quantitative estimate of drug-likeness (QED) is 0.635. The van der Waals surface area contributed by atoms with Crippen LogP contribution in [0.5, 0.6) is 11.5 Å². The van der Waals surface area contributed by atoms with Crippen molar-refractivity contribution in [3.8, 4) is 11.5 Å². The SMILES string of the molecule is CCC(C)NC(=O)CCNCc1cc(OC)ccc1O. The second kappa shape index (κ2) is 8.43. The number of phenolic OH excluding ortho intramolecular Hbond substituents is 1. The average Bonchev–Trinajstić information content (AvgIpc) is 2.45. The van der Waals surface area contributed by atoms with E-state index in [0.29, 0.717) is 25.3 Å². The van der Waals surface area contributed by atoms with Crippen molar-refractivity contribution >= 4 is 5.91 Å². The van der Waals surface area contributed by atoms with Crippen LogP contribution in [-0.2, 0) is 11.3 Å². The monoisotopic (exact) mass is 280 g/mol. The van der Waals surface area contributed by atoms with E-state index < -0.39 is 0 Å². The fraction of sp³-hybridized carbons (Fsp3) is 0.533. The van der Waals surface area contributed by atoms with Gasteiger partial charge in [0.15, 0.2) is 0 Å². The summed E-state index contributed by atoms with van der Waals surface area (Å²) in [6.45, 7) is 5.09. The summed E-state index contributed by atoms with van der Waals surface area (Å²) >= 11 is 0. The fourth-order valence-electron chi connectivity index (χ4n) is 1.70. The molecule has 5 heteroatoms. The number of hydrogen-bond acceptors (Lipinski definition) is 4. The van der Waals surface area contributed by atoms with E-state index in [1.165, 1.54) is 0 Å². The minimum atomic E-state index is 0.0433. The van der Waals surface area contributed by atoms with Crippen LogP contribution in [0.4, 0.5) is 0 Å². The van der Waals surface area contributed by atoms with Gasteiger partial charge in [-0.3, -0.25) is 4.79 Å². The first-order valence-corrected chi connectivity index (χ1v) is 6.92. The van der Waals surface area contributed by atoms with Gasteiger partial charge in [-0.2, -0.15) is 0 Å². The zero-order valence-corrected chi connectivity index (χ0v) is 12.4. The molecule has 0 radical (unpaired) electrons. The van der Waals surface area contributed by atoms with Gasteiger partial charge < -0.3 is 20.5 Å². The highest BCUT2D eigenvalue weighted by molar-refractivity contribution is 5.76. The molecule has 1 unspecified atom stereocenters. The molecule has 0 fully saturated rings. The van der Waals surface area contributed by atoms with Crippen molar-refractivity contribution in [3.63, 3.8) is 0 Å². The maximum atomic E-state index is 11.6. The molecule has 0 saturated carbocycles. The molecule has 3 N–H and O–H groups in total. The molecule has 5 nitrogen and oxygen atoms in total. The lowest BCUT2D eigenvalue weighted by atomic mass is 10.2. The van der Waals surface area contributed by atoms with E-state index in [-0.39, 0.29) is 17.7 Å². The molecule has 1 amide bonds. The lowest BCUT2D eigenvalue weighted by Gasteiger charge is -2.12. The summed E-state index contributed by atoms with van der Waals surface area (Å²) in [6.07, 6.45) is 1.35. The Balaban J connectivity index is 2.32. The third-order valence-electron chi connectivity index (χ3n) is 3.15. The van der Waals surface area contributed by atoms with Gasteiger partial charge in [0.2, 0.25) is 5.91 Å². The predicted molar refractivity (Wildman–Crippen MR) is 78.9 cm³/mol. The van der Waals surface area contributed by atoms with E-state index in [2.05, 4.69) is 10.6 Å². The second-order valence-electron chi connectivity index (χ2n) is 4.80. The summed E-state index contributed by atoms with van der Waals surface area (Å²) in [7, 11) is 1.59. The first-order valence-electron chi connectivity index (χ1n) is 6.92. The molecule has 0 saturated heterocycles. The average molecular weight is 280 g/mol. The third-order valence-corrected chi connectivity index (χ3v) is 3.15. The van der Waals surface area contributed by atoms with Gasteiger partial charge in [-0.15, -0.1) is 0 Å². The zero-order valence-electron chi connectivity index (χ0n) is 12.4. The summed E-state index contributed by atoms with van der Waals surface area (Å²) in [5.74, 6) is 0.971. The van der Waals surface area contributed by atoms with Gasteiger partial charge in [-0.1, -0.05) is 6.92 Å². The number of methoxy groups -OCH3 is 1. The van der Waals surface area contributed by atoms with Gasteiger partial charge in [0, 0.05) is 31.1 Å². The molecule has 0 bridgehead atoms. The van der Waals surface area contributed by atoms with Gasteiger partial charge in [0.05, 0.1) is 7.11 Å². The van der Waals surface area contributed by atoms with Crippen LogP contribution in [0.2, 0.25) is 0 Å². The summed E-state index contributed by atoms with van der Waals surface area (Å²) in [5, 5.41) is 15.8. The first-order chi connectivity index (χ1) is 9.56. The number of carbonyl (C=O) groups excluding carboxylic acids is 1. The van der Waals surface area contributed by atoms with Crippen molar-refractivity contribution in [1.29, 1.82) is 0 Å². The van der Waals surface area contributed by atoms with E-state index in [1.54, 1.807) is 25.3 Å². The van der Waals surface area contributed by atoms with Gasteiger partial charge >= 0.3 is 0 Å². The Morgan fingerprint density at radius 2 is 2.20 bits per heavy atom. The highest BCUT2D eigenvalue weighted by Crippen LogP contribution is 2.22. The van der Waals surface area contributed by atoms with Crippen LogP contribution < -0.4 is 15.4 Å². The number of benzene rings is 1. The molecule has 112 valence electrons. The van der Waals surface area contributed by atoms with Crippen molar-refractivity contribution in [2.75, 3.05) is 13.7 Å². The summed E-state index contributed by atoms with van der Waals surface area (Å²) in [5.41, 5.74) is 0.756. The van der Waals surface area contributed by atoms with E-state index in [1.807, 2.05) is 13.8 Å². The van der Waals surface area contributed by atoms with Crippen molar-refractivity contribution in [3.05, 3.63) is 23.8 Å². The highest BCUT2D eigenvalue weighted by atomic mass is 16.5.